The van der Waals surface area contributed by atoms with Gasteiger partial charge in [0.2, 0.25) is 0 Å². The number of ketones is 1. The summed E-state index contributed by atoms with van der Waals surface area (Å²) in [5.74, 6) is -2.39. The highest BCUT2D eigenvalue weighted by Crippen LogP contribution is 2.28. The van der Waals surface area contributed by atoms with E-state index in [1.54, 1.807) is 0 Å². The molecule has 0 spiro atoms. The normalized spacial score (nSPS) is 11.0. The average molecular weight is 409 g/mol. The number of halogens is 2. The number of carbonyl (C=O) groups is 2. The highest BCUT2D eigenvalue weighted by Gasteiger charge is 2.20. The molecule has 0 unspecified atom stereocenters. The molecule has 0 fully saturated rings. The first-order valence-electron chi connectivity index (χ1n) is 9.20. The zero-order valence-corrected chi connectivity index (χ0v) is 15.9. The van der Waals surface area contributed by atoms with Crippen molar-refractivity contribution in [1.29, 1.82) is 0 Å². The average Bonchev–Trinajstić information content (AvgIpc) is 3.32. The zero-order valence-electron chi connectivity index (χ0n) is 15.9. The number of para-hydroxylation sites is 1. The van der Waals surface area contributed by atoms with Crippen LogP contribution in [-0.2, 0) is 11.2 Å². The third-order valence-corrected chi connectivity index (χ3v) is 4.66. The Morgan fingerprint density at radius 1 is 1.10 bits per heavy atom. The summed E-state index contributed by atoms with van der Waals surface area (Å²) in [6.45, 7) is 1.54. The summed E-state index contributed by atoms with van der Waals surface area (Å²) in [5.41, 5.74) is 2.24. The quantitative estimate of drug-likeness (QED) is 0.448. The minimum atomic E-state index is -0.962. The number of aryl methyl sites for hydroxylation is 1. The van der Waals surface area contributed by atoms with Gasteiger partial charge in [-0.1, -0.05) is 18.2 Å². The van der Waals surface area contributed by atoms with Gasteiger partial charge in [0.1, 0.15) is 28.7 Å². The van der Waals surface area contributed by atoms with Crippen LogP contribution in [0.3, 0.4) is 0 Å². The van der Waals surface area contributed by atoms with E-state index in [1.807, 2.05) is 18.2 Å². The van der Waals surface area contributed by atoms with Gasteiger partial charge in [-0.25, -0.2) is 13.8 Å². The van der Waals surface area contributed by atoms with Crippen molar-refractivity contribution < 1.29 is 18.4 Å². The number of Topliss-reactive ketones (excluding diaryl/α,β-unsaturated/α-hetero) is 1. The molecule has 2 aromatic heterocycles. The van der Waals surface area contributed by atoms with E-state index in [0.717, 1.165) is 23.2 Å². The van der Waals surface area contributed by atoms with Crippen molar-refractivity contribution in [2.24, 2.45) is 0 Å². The van der Waals surface area contributed by atoms with E-state index >= 15 is 0 Å². The molecule has 3 N–H and O–H groups in total. The Labute approximate surface area is 169 Å². The Kier molecular flexibility index (Phi) is 5.09. The number of carbonyl (C=O) groups excluding carboxylic acids is 2. The van der Waals surface area contributed by atoms with Crippen molar-refractivity contribution >= 4 is 28.4 Å². The number of hydrogen-bond donors (Lipinski definition) is 3. The van der Waals surface area contributed by atoms with Crippen LogP contribution in [0.15, 0.2) is 42.6 Å². The molecule has 0 bridgehead atoms. The Morgan fingerprint density at radius 2 is 1.83 bits per heavy atom. The van der Waals surface area contributed by atoms with Crippen LogP contribution in [0.5, 0.6) is 0 Å². The van der Waals surface area contributed by atoms with Crippen LogP contribution in [0.4, 0.5) is 14.5 Å². The number of rotatable bonds is 6. The monoisotopic (exact) mass is 409 g/mol. The van der Waals surface area contributed by atoms with Crippen molar-refractivity contribution in [3.05, 3.63) is 65.4 Å². The second-order valence-electron chi connectivity index (χ2n) is 6.81. The maximum Gasteiger partial charge on any atom is 0.261 e. The second-order valence-corrected chi connectivity index (χ2v) is 6.81. The van der Waals surface area contributed by atoms with Gasteiger partial charge in [-0.05, 0) is 37.1 Å². The standard InChI is InChI=1S/C21H17F2N5O2/c1-11(29)8-9-12-4-2-7-15-18(12)27-20(25-15)19-16(10-24-28-19)26-21(30)17-13(22)5-3-6-14(17)23/h2-7,10H,8-9H2,1H3,(H,24,28)(H,25,27)(H,26,30). The molecule has 30 heavy (non-hydrogen) atoms. The summed E-state index contributed by atoms with van der Waals surface area (Å²) < 4.78 is 27.8. The number of H-pyrrole nitrogens is 2. The van der Waals surface area contributed by atoms with Crippen molar-refractivity contribution in [2.75, 3.05) is 5.32 Å². The molecule has 0 aliphatic carbocycles. The molecule has 1 amide bonds. The van der Waals surface area contributed by atoms with Crippen LogP contribution in [0.1, 0.15) is 29.3 Å². The van der Waals surface area contributed by atoms with Crippen molar-refractivity contribution in [1.82, 2.24) is 20.2 Å². The fraction of sp³-hybridized carbons (Fsp3) is 0.143. The van der Waals surface area contributed by atoms with Gasteiger partial charge in [0, 0.05) is 6.42 Å². The zero-order chi connectivity index (χ0) is 21.3. The summed E-state index contributed by atoms with van der Waals surface area (Å²) in [6, 6.07) is 8.80. The maximum atomic E-state index is 13.9. The lowest BCUT2D eigenvalue weighted by Gasteiger charge is -2.06. The van der Waals surface area contributed by atoms with Gasteiger partial charge < -0.3 is 15.1 Å². The molecular weight excluding hydrogens is 392 g/mol. The van der Waals surface area contributed by atoms with Gasteiger partial charge in [0.15, 0.2) is 5.82 Å². The molecule has 7 nitrogen and oxygen atoms in total. The van der Waals surface area contributed by atoms with E-state index in [2.05, 4.69) is 25.5 Å². The summed E-state index contributed by atoms with van der Waals surface area (Å²) in [5, 5.41) is 9.12. The molecule has 152 valence electrons. The van der Waals surface area contributed by atoms with E-state index in [4.69, 9.17) is 0 Å². The van der Waals surface area contributed by atoms with Gasteiger partial charge in [-0.2, -0.15) is 5.10 Å². The van der Waals surface area contributed by atoms with Crippen molar-refractivity contribution in [3.8, 4) is 11.5 Å². The summed E-state index contributed by atoms with van der Waals surface area (Å²) >= 11 is 0. The van der Waals surface area contributed by atoms with Gasteiger partial charge in [-0.15, -0.1) is 0 Å². The molecule has 2 aromatic carbocycles. The summed E-state index contributed by atoms with van der Waals surface area (Å²) in [4.78, 5) is 31.4. The lowest BCUT2D eigenvalue weighted by Crippen LogP contribution is -2.16. The fourth-order valence-electron chi connectivity index (χ4n) is 3.18. The van der Waals surface area contributed by atoms with Crippen LogP contribution in [0.2, 0.25) is 0 Å². The number of nitrogens with zero attached hydrogens (tertiary/aromatic N) is 2. The molecule has 4 rings (SSSR count). The van der Waals surface area contributed by atoms with E-state index < -0.39 is 23.1 Å². The molecule has 0 atom stereocenters. The van der Waals surface area contributed by atoms with E-state index in [9.17, 15) is 18.4 Å². The van der Waals surface area contributed by atoms with E-state index in [-0.39, 0.29) is 11.5 Å². The number of anilines is 1. The second kappa shape index (κ2) is 7.86. The number of aromatic amines is 2. The SMILES string of the molecule is CC(=O)CCc1cccc2[nH]c(-c3[nH]ncc3NC(=O)c3c(F)cccc3F)nc12. The van der Waals surface area contributed by atoms with Crippen LogP contribution in [0.25, 0.3) is 22.6 Å². The molecule has 4 aromatic rings. The maximum absolute atomic E-state index is 13.9. The molecule has 9 heteroatoms. The van der Waals surface area contributed by atoms with Gasteiger partial charge >= 0.3 is 0 Å². The predicted octanol–water partition coefficient (Wildman–Crippen LogP) is 4.01. The third-order valence-electron chi connectivity index (χ3n) is 4.66. The Morgan fingerprint density at radius 3 is 2.57 bits per heavy atom. The molecule has 0 saturated carbocycles. The molecule has 0 saturated heterocycles. The fourth-order valence-corrected chi connectivity index (χ4v) is 3.18. The highest BCUT2D eigenvalue weighted by atomic mass is 19.1. The van der Waals surface area contributed by atoms with E-state index in [0.29, 0.717) is 29.9 Å². The summed E-state index contributed by atoms with van der Waals surface area (Å²) in [6.07, 6.45) is 2.28. The molecular formula is C21H17F2N5O2. The topological polar surface area (TPSA) is 104 Å². The number of imidazole rings is 1. The minimum absolute atomic E-state index is 0.0849. The first-order valence-corrected chi connectivity index (χ1v) is 9.20. The van der Waals surface area contributed by atoms with Crippen molar-refractivity contribution in [3.63, 3.8) is 0 Å². The number of amides is 1. The predicted molar refractivity (Wildman–Crippen MR) is 107 cm³/mol. The first kappa shape index (κ1) is 19.4. The van der Waals surface area contributed by atoms with Crippen molar-refractivity contribution in [2.45, 2.75) is 19.8 Å². The number of benzene rings is 2. The van der Waals surface area contributed by atoms with Gasteiger partial charge in [0.25, 0.3) is 5.91 Å². The van der Waals surface area contributed by atoms with Crippen LogP contribution in [0, 0.1) is 11.6 Å². The van der Waals surface area contributed by atoms with Gasteiger partial charge in [0.05, 0.1) is 22.9 Å². The van der Waals surface area contributed by atoms with E-state index in [1.165, 1.54) is 19.2 Å². The number of aromatic nitrogens is 4. The molecule has 0 radical (unpaired) electrons. The van der Waals surface area contributed by atoms with Crippen LogP contribution in [-0.4, -0.2) is 31.9 Å². The third kappa shape index (κ3) is 3.69. The molecule has 2 heterocycles. The Hall–Kier alpha value is -3.88. The number of hydrogen-bond acceptors (Lipinski definition) is 4. The number of nitrogens with one attached hydrogen (secondary N) is 3. The van der Waals surface area contributed by atoms with Crippen LogP contribution < -0.4 is 5.32 Å². The summed E-state index contributed by atoms with van der Waals surface area (Å²) in [7, 11) is 0. The highest BCUT2D eigenvalue weighted by molar-refractivity contribution is 6.06. The minimum Gasteiger partial charge on any atom is -0.337 e. The Bertz CT molecular complexity index is 1240. The Balaban J connectivity index is 1.66. The molecule has 0 aliphatic rings. The molecule has 0 aliphatic heterocycles. The smallest absolute Gasteiger partial charge is 0.261 e. The van der Waals surface area contributed by atoms with Gasteiger partial charge in [-0.3, -0.25) is 9.89 Å². The van der Waals surface area contributed by atoms with Crippen LogP contribution >= 0.6 is 0 Å². The lowest BCUT2D eigenvalue weighted by atomic mass is 10.1. The first-order chi connectivity index (χ1) is 14.4. The largest absolute Gasteiger partial charge is 0.337 e. The number of fused-ring (bicyclic) bond motifs is 1. The lowest BCUT2D eigenvalue weighted by molar-refractivity contribution is -0.116.